The van der Waals surface area contributed by atoms with E-state index >= 15 is 0 Å². The quantitative estimate of drug-likeness (QED) is 0.765. The molecular formula is C22H27ClN6O2. The fourth-order valence-corrected chi connectivity index (χ4v) is 4.15. The monoisotopic (exact) mass is 442 g/mol. The molecule has 1 aromatic heterocycles. The van der Waals surface area contributed by atoms with Crippen LogP contribution < -0.4 is 20.0 Å². The average Bonchev–Trinajstić information content (AvgIpc) is 3.17. The van der Waals surface area contributed by atoms with E-state index in [-0.39, 0.29) is 18.2 Å². The van der Waals surface area contributed by atoms with Crippen molar-refractivity contribution in [3.8, 4) is 0 Å². The van der Waals surface area contributed by atoms with Crippen LogP contribution in [0, 0.1) is 5.92 Å². The second-order valence-electron chi connectivity index (χ2n) is 8.22. The Morgan fingerprint density at radius 3 is 2.55 bits per heavy atom. The molecular weight excluding hydrogens is 416 g/mol. The molecule has 1 aromatic carbocycles. The van der Waals surface area contributed by atoms with Crippen LogP contribution in [0.3, 0.4) is 0 Å². The molecule has 0 saturated carbocycles. The van der Waals surface area contributed by atoms with Gasteiger partial charge in [0.15, 0.2) is 5.82 Å². The first-order chi connectivity index (χ1) is 14.9. The van der Waals surface area contributed by atoms with Crippen LogP contribution in [0.1, 0.15) is 25.7 Å². The molecule has 2 aliphatic rings. The molecule has 2 fully saturated rings. The number of rotatable bonds is 5. The summed E-state index contributed by atoms with van der Waals surface area (Å²) in [7, 11) is 3.78. The van der Waals surface area contributed by atoms with Gasteiger partial charge in [-0.2, -0.15) is 4.98 Å². The molecule has 2 aliphatic heterocycles. The number of piperidine rings is 1. The Morgan fingerprint density at radius 2 is 1.87 bits per heavy atom. The second kappa shape index (κ2) is 9.09. The number of carbonyl (C=O) groups is 2. The molecule has 0 radical (unpaired) electrons. The normalized spacial score (nSPS) is 18.9. The predicted octanol–water partition coefficient (Wildman–Crippen LogP) is 3.18. The molecule has 2 aromatic rings. The molecule has 2 saturated heterocycles. The van der Waals surface area contributed by atoms with Crippen molar-refractivity contribution in [2.24, 2.45) is 5.92 Å². The van der Waals surface area contributed by atoms with Gasteiger partial charge in [-0.1, -0.05) is 11.6 Å². The molecule has 1 atom stereocenters. The fourth-order valence-electron chi connectivity index (χ4n) is 4.03. The van der Waals surface area contributed by atoms with Gasteiger partial charge in [-0.25, -0.2) is 4.98 Å². The first-order valence-electron chi connectivity index (χ1n) is 10.6. The van der Waals surface area contributed by atoms with Gasteiger partial charge in [-0.05, 0) is 43.5 Å². The molecule has 1 unspecified atom stereocenters. The molecule has 0 aliphatic carbocycles. The number of hydrogen-bond donors (Lipinski definition) is 1. The summed E-state index contributed by atoms with van der Waals surface area (Å²) in [6, 6.07) is 7.06. The summed E-state index contributed by atoms with van der Waals surface area (Å²) in [4.78, 5) is 40.3. The summed E-state index contributed by atoms with van der Waals surface area (Å²) >= 11 is 5.94. The number of carbonyl (C=O) groups excluding carboxylic acids is 2. The third-order valence-corrected chi connectivity index (χ3v) is 5.96. The first-order valence-corrected chi connectivity index (χ1v) is 11.0. The lowest BCUT2D eigenvalue weighted by Crippen LogP contribution is -2.32. The van der Waals surface area contributed by atoms with E-state index in [9.17, 15) is 9.59 Å². The molecule has 0 bridgehead atoms. The van der Waals surface area contributed by atoms with E-state index in [1.165, 1.54) is 6.42 Å². The smallest absolute Gasteiger partial charge is 0.229 e. The molecule has 1 N–H and O–H groups in total. The van der Waals surface area contributed by atoms with E-state index in [1.807, 2.05) is 19.0 Å². The Balaban J connectivity index is 1.47. The van der Waals surface area contributed by atoms with Gasteiger partial charge in [0.2, 0.25) is 17.8 Å². The van der Waals surface area contributed by atoms with Gasteiger partial charge >= 0.3 is 0 Å². The van der Waals surface area contributed by atoms with Crippen LogP contribution in [0.25, 0.3) is 0 Å². The Labute approximate surface area is 187 Å². The number of anilines is 4. The van der Waals surface area contributed by atoms with Crippen molar-refractivity contribution in [3.05, 3.63) is 35.5 Å². The zero-order chi connectivity index (χ0) is 22.0. The highest BCUT2D eigenvalue weighted by Crippen LogP contribution is 2.29. The molecule has 4 rings (SSSR count). The Bertz CT molecular complexity index is 959. The highest BCUT2D eigenvalue weighted by atomic mass is 35.5. The van der Waals surface area contributed by atoms with E-state index in [4.69, 9.17) is 16.6 Å². The van der Waals surface area contributed by atoms with E-state index in [2.05, 4.69) is 15.2 Å². The number of nitrogens with zero attached hydrogens (tertiary/aromatic N) is 5. The summed E-state index contributed by atoms with van der Waals surface area (Å²) in [5, 5.41) is 3.55. The summed E-state index contributed by atoms with van der Waals surface area (Å²) in [5.74, 6) is 0.614. The summed E-state index contributed by atoms with van der Waals surface area (Å²) < 4.78 is 0. The maximum absolute atomic E-state index is 13.0. The minimum absolute atomic E-state index is 0.0769. The van der Waals surface area contributed by atoms with E-state index in [0.717, 1.165) is 31.6 Å². The van der Waals surface area contributed by atoms with Crippen LogP contribution in [0.5, 0.6) is 0 Å². The minimum atomic E-state index is -0.444. The topological polar surface area (TPSA) is 81.7 Å². The predicted molar refractivity (Wildman–Crippen MR) is 123 cm³/mol. The number of aromatic nitrogens is 2. The third-order valence-electron chi connectivity index (χ3n) is 5.71. The molecule has 8 nitrogen and oxygen atoms in total. The van der Waals surface area contributed by atoms with Gasteiger partial charge in [-0.15, -0.1) is 0 Å². The van der Waals surface area contributed by atoms with Gasteiger partial charge in [0.05, 0.1) is 12.1 Å². The van der Waals surface area contributed by atoms with Gasteiger partial charge in [-0.3, -0.25) is 9.59 Å². The van der Waals surface area contributed by atoms with Crippen molar-refractivity contribution in [2.75, 3.05) is 53.7 Å². The van der Waals surface area contributed by atoms with Crippen molar-refractivity contribution in [3.63, 3.8) is 0 Å². The summed E-state index contributed by atoms with van der Waals surface area (Å²) in [6.07, 6.45) is 5.34. The number of halogens is 1. The van der Waals surface area contributed by atoms with Crippen LogP contribution in [0.4, 0.5) is 23.1 Å². The summed E-state index contributed by atoms with van der Waals surface area (Å²) in [6.45, 7) is 2.23. The Kier molecular flexibility index (Phi) is 6.27. The van der Waals surface area contributed by atoms with Crippen LogP contribution in [-0.2, 0) is 9.59 Å². The second-order valence-corrected chi connectivity index (χ2v) is 8.66. The third kappa shape index (κ3) is 4.74. The lowest BCUT2D eigenvalue weighted by Gasteiger charge is -2.28. The standard InChI is InChI=1S/C22H27ClN6O2/c1-27(2)20-18(13-24-22(26-20)28-10-4-3-5-11-28)25-21(31)15-12-19(30)29(14-15)17-8-6-16(23)7-9-17/h6-9,13,15H,3-5,10-12,14H2,1-2H3,(H,25,31). The van der Waals surface area contributed by atoms with E-state index < -0.39 is 5.92 Å². The summed E-state index contributed by atoms with van der Waals surface area (Å²) in [5.41, 5.74) is 1.29. The van der Waals surface area contributed by atoms with Crippen LogP contribution in [0.2, 0.25) is 5.02 Å². The van der Waals surface area contributed by atoms with E-state index in [1.54, 1.807) is 35.4 Å². The van der Waals surface area contributed by atoms with Crippen molar-refractivity contribution in [1.29, 1.82) is 0 Å². The SMILES string of the molecule is CN(C)c1nc(N2CCCCC2)ncc1NC(=O)C1CC(=O)N(c2ccc(Cl)cc2)C1. The highest BCUT2D eigenvalue weighted by molar-refractivity contribution is 6.30. The molecule has 31 heavy (non-hydrogen) atoms. The molecule has 9 heteroatoms. The fraction of sp³-hybridized carbons (Fsp3) is 0.455. The lowest BCUT2D eigenvalue weighted by atomic mass is 10.1. The zero-order valence-corrected chi connectivity index (χ0v) is 18.6. The van der Waals surface area contributed by atoms with Crippen LogP contribution in [0.15, 0.2) is 30.5 Å². The number of nitrogens with one attached hydrogen (secondary N) is 1. The average molecular weight is 443 g/mol. The molecule has 164 valence electrons. The largest absolute Gasteiger partial charge is 0.361 e. The van der Waals surface area contributed by atoms with Crippen LogP contribution in [-0.4, -0.2) is 55.5 Å². The Hall–Kier alpha value is -2.87. The molecule has 2 amide bonds. The number of benzene rings is 1. The zero-order valence-electron chi connectivity index (χ0n) is 17.8. The van der Waals surface area contributed by atoms with Crippen molar-refractivity contribution in [2.45, 2.75) is 25.7 Å². The van der Waals surface area contributed by atoms with Crippen molar-refractivity contribution < 1.29 is 9.59 Å². The van der Waals surface area contributed by atoms with Crippen LogP contribution >= 0.6 is 11.6 Å². The minimum Gasteiger partial charge on any atom is -0.361 e. The van der Waals surface area contributed by atoms with Gasteiger partial charge < -0.3 is 20.0 Å². The molecule has 0 spiro atoms. The van der Waals surface area contributed by atoms with Gasteiger partial charge in [0.25, 0.3) is 0 Å². The van der Waals surface area contributed by atoms with E-state index in [0.29, 0.717) is 29.0 Å². The highest BCUT2D eigenvalue weighted by Gasteiger charge is 2.35. The molecule has 3 heterocycles. The number of hydrogen-bond acceptors (Lipinski definition) is 6. The van der Waals surface area contributed by atoms with Crippen molar-refractivity contribution >= 4 is 46.6 Å². The van der Waals surface area contributed by atoms with Gasteiger partial charge in [0, 0.05) is 50.9 Å². The Morgan fingerprint density at radius 1 is 1.16 bits per heavy atom. The van der Waals surface area contributed by atoms with Crippen molar-refractivity contribution in [1.82, 2.24) is 9.97 Å². The maximum atomic E-state index is 13.0. The number of amides is 2. The van der Waals surface area contributed by atoms with Gasteiger partial charge in [0.1, 0.15) is 5.69 Å². The maximum Gasteiger partial charge on any atom is 0.229 e. The first kappa shape index (κ1) is 21.4. The lowest BCUT2D eigenvalue weighted by molar-refractivity contribution is -0.122.